The number of hydrogen-bond donors (Lipinski definition) is 1. The van der Waals surface area contributed by atoms with Crippen LogP contribution in [0.15, 0.2) is 0 Å². The highest BCUT2D eigenvalue weighted by molar-refractivity contribution is 6.61. The molecule has 0 atom stereocenters. The SMILES string of the molecule is CCO[Si](CNC(=O)CCOF)(OCC)OCC. The van der Waals surface area contributed by atoms with E-state index in [4.69, 9.17) is 13.3 Å². The van der Waals surface area contributed by atoms with Gasteiger partial charge in [0.15, 0.2) is 0 Å². The van der Waals surface area contributed by atoms with Gasteiger partial charge in [0, 0.05) is 19.8 Å². The predicted octanol–water partition coefficient (Wildman–Crippen LogP) is 0.981. The second-order valence-corrected chi connectivity index (χ2v) is 5.91. The summed E-state index contributed by atoms with van der Waals surface area (Å²) in [5, 5.41) is 2.61. The monoisotopic (exact) mass is 283 g/mol. The third-order valence-electron chi connectivity index (χ3n) is 2.00. The molecule has 0 aromatic heterocycles. The van der Waals surface area contributed by atoms with Gasteiger partial charge in [-0.2, -0.15) is 4.94 Å². The summed E-state index contributed by atoms with van der Waals surface area (Å²) in [6.07, 6.45) is 0.124. The van der Waals surface area contributed by atoms with Gasteiger partial charge < -0.3 is 18.6 Å². The Morgan fingerprint density at radius 3 is 2.00 bits per heavy atom. The van der Waals surface area contributed by atoms with Crippen LogP contribution in [0, 0.1) is 0 Å². The molecule has 0 aliphatic rings. The van der Waals surface area contributed by atoms with Gasteiger partial charge in [0.25, 0.3) is 0 Å². The molecule has 0 aromatic rings. The minimum atomic E-state index is -2.86. The van der Waals surface area contributed by atoms with Crippen LogP contribution in [-0.4, -0.2) is 47.3 Å². The molecule has 0 aliphatic carbocycles. The Morgan fingerprint density at radius 2 is 1.61 bits per heavy atom. The highest BCUT2D eigenvalue weighted by Gasteiger charge is 2.40. The zero-order chi connectivity index (χ0) is 13.9. The summed E-state index contributed by atoms with van der Waals surface area (Å²) in [6, 6.07) is 0. The van der Waals surface area contributed by atoms with E-state index >= 15 is 0 Å². The van der Waals surface area contributed by atoms with Crippen molar-refractivity contribution in [2.24, 2.45) is 0 Å². The van der Waals surface area contributed by atoms with Gasteiger partial charge in [-0.05, 0) is 25.3 Å². The topological polar surface area (TPSA) is 66.0 Å². The van der Waals surface area contributed by atoms with Crippen molar-refractivity contribution in [1.29, 1.82) is 0 Å². The number of carbonyl (C=O) groups is 1. The second kappa shape index (κ2) is 10.4. The van der Waals surface area contributed by atoms with Crippen molar-refractivity contribution in [3.8, 4) is 0 Å². The van der Waals surface area contributed by atoms with Gasteiger partial charge in [-0.1, -0.05) is 0 Å². The van der Waals surface area contributed by atoms with Crippen molar-refractivity contribution in [2.75, 3.05) is 32.6 Å². The van der Waals surface area contributed by atoms with Crippen LogP contribution in [0.25, 0.3) is 0 Å². The summed E-state index contributed by atoms with van der Waals surface area (Å²) >= 11 is 0. The lowest BCUT2D eigenvalue weighted by atomic mass is 10.4. The predicted molar refractivity (Wildman–Crippen MR) is 65.3 cm³/mol. The van der Waals surface area contributed by atoms with Crippen molar-refractivity contribution in [3.63, 3.8) is 0 Å². The van der Waals surface area contributed by atoms with Crippen LogP contribution in [0.1, 0.15) is 27.2 Å². The molecule has 0 unspecified atom stereocenters. The zero-order valence-corrected chi connectivity index (χ0v) is 12.2. The maximum Gasteiger partial charge on any atom is 0.521 e. The first-order valence-electron chi connectivity index (χ1n) is 6.06. The molecule has 108 valence electrons. The molecule has 0 spiro atoms. The van der Waals surface area contributed by atoms with Gasteiger partial charge in [0.2, 0.25) is 5.91 Å². The summed E-state index contributed by atoms with van der Waals surface area (Å²) in [4.78, 5) is 14.7. The molecule has 0 rings (SSSR count). The van der Waals surface area contributed by atoms with E-state index in [0.717, 1.165) is 0 Å². The Hall–Kier alpha value is -0.543. The van der Waals surface area contributed by atoms with Crippen LogP contribution >= 0.6 is 0 Å². The van der Waals surface area contributed by atoms with Gasteiger partial charge in [-0.25, -0.2) is 0 Å². The summed E-state index contributed by atoms with van der Waals surface area (Å²) in [6.45, 7) is 6.55. The van der Waals surface area contributed by atoms with E-state index in [1.807, 2.05) is 20.8 Å². The Labute approximate surface area is 108 Å². The van der Waals surface area contributed by atoms with E-state index < -0.39 is 8.80 Å². The maximum atomic E-state index is 11.4. The average molecular weight is 283 g/mol. The van der Waals surface area contributed by atoms with Crippen LogP contribution < -0.4 is 5.32 Å². The smallest absolute Gasteiger partial charge is 0.373 e. The maximum absolute atomic E-state index is 11.4. The number of amides is 1. The summed E-state index contributed by atoms with van der Waals surface area (Å²) in [5.74, 6) is -0.330. The number of rotatable bonds is 11. The summed E-state index contributed by atoms with van der Waals surface area (Å²) in [5.41, 5.74) is 0. The first-order valence-corrected chi connectivity index (χ1v) is 7.99. The lowest BCUT2D eigenvalue weighted by Gasteiger charge is -2.28. The minimum Gasteiger partial charge on any atom is -0.373 e. The standard InChI is InChI=1S/C10H22FNO5Si/c1-4-15-18(16-5-2,17-6-3)9-12-10(13)7-8-14-11/h4-9H2,1-3H3,(H,12,13). The quantitative estimate of drug-likeness (QED) is 0.573. The number of carbonyl (C=O) groups excluding carboxylic acids is 1. The summed E-state index contributed by atoms with van der Waals surface area (Å²) in [7, 11) is -2.86. The molecule has 0 radical (unpaired) electrons. The minimum absolute atomic E-state index is 0.0502. The van der Waals surface area contributed by atoms with E-state index in [-0.39, 0.29) is 25.1 Å². The fourth-order valence-corrected chi connectivity index (χ4v) is 3.65. The largest absolute Gasteiger partial charge is 0.521 e. The van der Waals surface area contributed by atoms with Crippen LogP contribution in [0.2, 0.25) is 0 Å². The Kier molecular flexibility index (Phi) is 10.1. The molecule has 0 saturated heterocycles. The van der Waals surface area contributed by atoms with Gasteiger partial charge in [-0.15, -0.1) is 0 Å². The Bertz CT molecular complexity index is 215. The molecule has 0 saturated carbocycles. The Balaban J connectivity index is 4.32. The molecule has 8 heteroatoms. The van der Waals surface area contributed by atoms with Crippen LogP contribution in [0.3, 0.4) is 0 Å². The number of hydrogen-bond acceptors (Lipinski definition) is 5. The fraction of sp³-hybridized carbons (Fsp3) is 0.900. The van der Waals surface area contributed by atoms with Crippen molar-refractivity contribution in [2.45, 2.75) is 27.2 Å². The highest BCUT2D eigenvalue weighted by atomic mass is 28.4. The normalized spacial score (nSPS) is 11.6. The molecule has 0 heterocycles. The Morgan fingerprint density at radius 1 is 1.11 bits per heavy atom. The second-order valence-electron chi connectivity index (χ2n) is 3.32. The van der Waals surface area contributed by atoms with Crippen molar-refractivity contribution in [1.82, 2.24) is 5.32 Å². The number of nitrogens with one attached hydrogen (secondary N) is 1. The van der Waals surface area contributed by atoms with Gasteiger partial charge in [0.05, 0.1) is 19.2 Å². The average Bonchev–Trinajstić information content (AvgIpc) is 2.35. The van der Waals surface area contributed by atoms with E-state index in [1.165, 1.54) is 0 Å². The third kappa shape index (κ3) is 7.02. The van der Waals surface area contributed by atoms with Crippen molar-refractivity contribution >= 4 is 14.7 Å². The van der Waals surface area contributed by atoms with Crippen LogP contribution in [0.5, 0.6) is 0 Å². The van der Waals surface area contributed by atoms with Crippen molar-refractivity contribution < 1.29 is 27.5 Å². The molecule has 18 heavy (non-hydrogen) atoms. The molecule has 0 bridgehead atoms. The lowest BCUT2D eigenvalue weighted by molar-refractivity contribution is -0.143. The first-order chi connectivity index (χ1) is 8.64. The van der Waals surface area contributed by atoms with Gasteiger partial charge >= 0.3 is 8.80 Å². The zero-order valence-electron chi connectivity index (χ0n) is 11.2. The molecule has 0 fully saturated rings. The molecule has 6 nitrogen and oxygen atoms in total. The van der Waals surface area contributed by atoms with E-state index in [1.54, 1.807) is 0 Å². The van der Waals surface area contributed by atoms with Gasteiger partial charge in [0.1, 0.15) is 0 Å². The fourth-order valence-electron chi connectivity index (χ4n) is 1.36. The molecular formula is C10H22FNO5Si. The van der Waals surface area contributed by atoms with Gasteiger partial charge in [-0.3, -0.25) is 4.79 Å². The molecule has 0 aromatic carbocycles. The number of halogens is 1. The van der Waals surface area contributed by atoms with E-state index in [2.05, 4.69) is 10.3 Å². The molecular weight excluding hydrogens is 261 g/mol. The highest BCUT2D eigenvalue weighted by Crippen LogP contribution is 2.09. The molecule has 1 amide bonds. The van der Waals surface area contributed by atoms with E-state index in [0.29, 0.717) is 19.8 Å². The summed E-state index contributed by atoms with van der Waals surface area (Å²) < 4.78 is 28.1. The van der Waals surface area contributed by atoms with Crippen molar-refractivity contribution in [3.05, 3.63) is 0 Å². The molecule has 1 N–H and O–H groups in total. The lowest BCUT2D eigenvalue weighted by Crippen LogP contribution is -2.55. The molecule has 0 aliphatic heterocycles. The third-order valence-corrected chi connectivity index (χ3v) is 4.80. The van der Waals surface area contributed by atoms with E-state index in [9.17, 15) is 9.32 Å². The first kappa shape index (κ1) is 17.5. The van der Waals surface area contributed by atoms with Crippen LogP contribution in [0.4, 0.5) is 4.53 Å². The van der Waals surface area contributed by atoms with Crippen LogP contribution in [-0.2, 0) is 23.0 Å².